The highest BCUT2D eigenvalue weighted by molar-refractivity contribution is 6.04. The molecule has 0 atom stereocenters. The zero-order valence-corrected chi connectivity index (χ0v) is 12.3. The van der Waals surface area contributed by atoms with E-state index in [0.29, 0.717) is 12.2 Å². The molecule has 0 aromatic heterocycles. The summed E-state index contributed by atoms with van der Waals surface area (Å²) in [6.07, 6.45) is 3.01. The van der Waals surface area contributed by atoms with Crippen molar-refractivity contribution in [3.63, 3.8) is 0 Å². The van der Waals surface area contributed by atoms with E-state index in [1.54, 1.807) is 37.3 Å². The van der Waals surface area contributed by atoms with Gasteiger partial charge in [0.15, 0.2) is 0 Å². The first-order valence-electron chi connectivity index (χ1n) is 7.00. The second-order valence-electron chi connectivity index (χ2n) is 4.53. The second-order valence-corrected chi connectivity index (χ2v) is 4.53. The minimum atomic E-state index is -0.381. The third-order valence-electron chi connectivity index (χ3n) is 2.90. The van der Waals surface area contributed by atoms with Gasteiger partial charge in [0.2, 0.25) is 0 Å². The molecule has 0 unspecified atom stereocenters. The third-order valence-corrected chi connectivity index (χ3v) is 2.90. The van der Waals surface area contributed by atoms with Crippen LogP contribution < -0.4 is 5.32 Å². The number of para-hydroxylation sites is 1. The number of amides is 1. The number of carbonyl (C=O) groups is 2. The van der Waals surface area contributed by atoms with Gasteiger partial charge in [-0.3, -0.25) is 4.79 Å². The van der Waals surface area contributed by atoms with Crippen molar-refractivity contribution in [1.29, 1.82) is 0 Å². The summed E-state index contributed by atoms with van der Waals surface area (Å²) in [5.41, 5.74) is 2.13. The Bertz CT molecular complexity index is 660. The molecule has 0 heterocycles. The Hall–Kier alpha value is -2.88. The molecule has 0 radical (unpaired) electrons. The normalized spacial score (nSPS) is 10.4. The van der Waals surface area contributed by atoms with Gasteiger partial charge in [0, 0.05) is 17.3 Å². The number of hydrogen-bond acceptors (Lipinski definition) is 3. The summed E-state index contributed by atoms with van der Waals surface area (Å²) in [7, 11) is 0. The first kappa shape index (κ1) is 15.5. The lowest BCUT2D eigenvalue weighted by atomic mass is 10.1. The molecule has 22 heavy (non-hydrogen) atoms. The number of benzene rings is 2. The Kier molecular flexibility index (Phi) is 5.49. The molecule has 0 saturated carbocycles. The molecular formula is C18H17NO3. The van der Waals surface area contributed by atoms with Gasteiger partial charge in [-0.25, -0.2) is 4.79 Å². The Morgan fingerprint density at radius 1 is 1.05 bits per heavy atom. The van der Waals surface area contributed by atoms with E-state index in [1.165, 1.54) is 6.08 Å². The van der Waals surface area contributed by atoms with Gasteiger partial charge in [-0.15, -0.1) is 0 Å². The zero-order chi connectivity index (χ0) is 15.8. The molecular weight excluding hydrogens is 278 g/mol. The monoisotopic (exact) mass is 295 g/mol. The average molecular weight is 295 g/mol. The molecule has 0 bridgehead atoms. The molecule has 4 heteroatoms. The molecule has 1 N–H and O–H groups in total. The Morgan fingerprint density at radius 3 is 2.36 bits per heavy atom. The summed E-state index contributed by atoms with van der Waals surface area (Å²) in [5.74, 6) is -0.555. The van der Waals surface area contributed by atoms with Gasteiger partial charge in [0.1, 0.15) is 0 Å². The van der Waals surface area contributed by atoms with Crippen LogP contribution in [0.2, 0.25) is 0 Å². The lowest BCUT2D eigenvalue weighted by molar-refractivity contribution is -0.137. The van der Waals surface area contributed by atoms with E-state index in [4.69, 9.17) is 4.74 Å². The number of ether oxygens (including phenoxy) is 1. The molecule has 0 saturated heterocycles. The predicted molar refractivity (Wildman–Crippen MR) is 86.5 cm³/mol. The Balaban J connectivity index is 1.99. The number of hydrogen-bond donors (Lipinski definition) is 1. The average Bonchev–Trinajstić information content (AvgIpc) is 2.54. The van der Waals surface area contributed by atoms with Crippen LogP contribution in [0.1, 0.15) is 22.8 Å². The number of carbonyl (C=O) groups excluding carboxylic acids is 2. The molecule has 0 spiro atoms. The summed E-state index contributed by atoms with van der Waals surface area (Å²) in [4.78, 5) is 23.3. The maximum absolute atomic E-state index is 12.1. The van der Waals surface area contributed by atoms with Crippen LogP contribution in [0.25, 0.3) is 6.08 Å². The first-order chi connectivity index (χ1) is 10.7. The van der Waals surface area contributed by atoms with Crippen LogP contribution in [0.3, 0.4) is 0 Å². The molecule has 2 rings (SSSR count). The van der Waals surface area contributed by atoms with Crippen LogP contribution >= 0.6 is 0 Å². The fourth-order valence-corrected chi connectivity index (χ4v) is 1.82. The van der Waals surface area contributed by atoms with Crippen molar-refractivity contribution in [2.24, 2.45) is 0 Å². The van der Waals surface area contributed by atoms with Crippen LogP contribution in [0.5, 0.6) is 0 Å². The molecule has 1 amide bonds. The van der Waals surface area contributed by atoms with E-state index in [1.807, 2.05) is 30.3 Å². The maximum atomic E-state index is 12.1. The van der Waals surface area contributed by atoms with E-state index < -0.39 is 0 Å². The molecule has 0 aliphatic heterocycles. The van der Waals surface area contributed by atoms with Crippen molar-refractivity contribution in [2.75, 3.05) is 11.9 Å². The number of anilines is 1. The SMILES string of the molecule is CCOC(=O)/C=C/c1ccc(C(=O)Nc2ccccc2)cc1. The van der Waals surface area contributed by atoms with E-state index in [-0.39, 0.29) is 11.9 Å². The fraction of sp³-hybridized carbons (Fsp3) is 0.111. The standard InChI is InChI=1S/C18H17NO3/c1-2-22-17(20)13-10-14-8-11-15(12-9-14)18(21)19-16-6-4-3-5-7-16/h3-13H,2H2,1H3,(H,19,21)/b13-10+. The topological polar surface area (TPSA) is 55.4 Å². The molecule has 4 nitrogen and oxygen atoms in total. The van der Waals surface area contributed by atoms with Gasteiger partial charge in [-0.05, 0) is 42.8 Å². The molecule has 0 aliphatic carbocycles. The highest BCUT2D eigenvalue weighted by Gasteiger charge is 2.05. The first-order valence-corrected chi connectivity index (χ1v) is 7.00. The minimum absolute atomic E-state index is 0.174. The number of esters is 1. The van der Waals surface area contributed by atoms with Crippen LogP contribution in [0.4, 0.5) is 5.69 Å². The van der Waals surface area contributed by atoms with Crippen LogP contribution in [-0.2, 0) is 9.53 Å². The lowest BCUT2D eigenvalue weighted by Crippen LogP contribution is -2.11. The molecule has 2 aromatic carbocycles. The lowest BCUT2D eigenvalue weighted by Gasteiger charge is -2.05. The quantitative estimate of drug-likeness (QED) is 0.678. The summed E-state index contributed by atoms with van der Waals surface area (Å²) in [6.45, 7) is 2.10. The summed E-state index contributed by atoms with van der Waals surface area (Å²) >= 11 is 0. The van der Waals surface area contributed by atoms with Gasteiger partial charge >= 0.3 is 5.97 Å². The zero-order valence-electron chi connectivity index (χ0n) is 12.3. The van der Waals surface area contributed by atoms with Gasteiger partial charge in [-0.1, -0.05) is 30.3 Å². The minimum Gasteiger partial charge on any atom is -0.463 e. The highest BCUT2D eigenvalue weighted by atomic mass is 16.5. The maximum Gasteiger partial charge on any atom is 0.330 e. The molecule has 0 aliphatic rings. The van der Waals surface area contributed by atoms with Crippen molar-refractivity contribution >= 4 is 23.6 Å². The van der Waals surface area contributed by atoms with Crippen molar-refractivity contribution in [1.82, 2.24) is 0 Å². The van der Waals surface area contributed by atoms with Gasteiger partial charge in [0.05, 0.1) is 6.61 Å². The van der Waals surface area contributed by atoms with E-state index in [9.17, 15) is 9.59 Å². The summed E-state index contributed by atoms with van der Waals surface area (Å²) in [5, 5.41) is 2.81. The van der Waals surface area contributed by atoms with E-state index in [0.717, 1.165) is 11.3 Å². The molecule has 2 aromatic rings. The van der Waals surface area contributed by atoms with Crippen molar-refractivity contribution in [3.8, 4) is 0 Å². The smallest absolute Gasteiger partial charge is 0.330 e. The van der Waals surface area contributed by atoms with Gasteiger partial charge in [-0.2, -0.15) is 0 Å². The predicted octanol–water partition coefficient (Wildman–Crippen LogP) is 3.52. The van der Waals surface area contributed by atoms with E-state index in [2.05, 4.69) is 5.32 Å². The van der Waals surface area contributed by atoms with Crippen LogP contribution in [0, 0.1) is 0 Å². The Labute approximate surface area is 129 Å². The third kappa shape index (κ3) is 4.59. The molecule has 112 valence electrons. The number of nitrogens with one attached hydrogen (secondary N) is 1. The summed E-state index contributed by atoms with van der Waals surface area (Å²) in [6, 6.07) is 16.2. The number of rotatable bonds is 5. The van der Waals surface area contributed by atoms with Crippen LogP contribution in [-0.4, -0.2) is 18.5 Å². The van der Waals surface area contributed by atoms with Crippen molar-refractivity contribution in [2.45, 2.75) is 6.92 Å². The van der Waals surface area contributed by atoms with Crippen LogP contribution in [0.15, 0.2) is 60.7 Å². The summed E-state index contributed by atoms with van der Waals surface area (Å²) < 4.78 is 4.80. The molecule has 0 fully saturated rings. The highest BCUT2D eigenvalue weighted by Crippen LogP contribution is 2.10. The largest absolute Gasteiger partial charge is 0.463 e. The van der Waals surface area contributed by atoms with Gasteiger partial charge < -0.3 is 10.1 Å². The van der Waals surface area contributed by atoms with Gasteiger partial charge in [0.25, 0.3) is 5.91 Å². The fourth-order valence-electron chi connectivity index (χ4n) is 1.82. The second kappa shape index (κ2) is 7.78. The van der Waals surface area contributed by atoms with E-state index >= 15 is 0 Å². The van der Waals surface area contributed by atoms with Crippen molar-refractivity contribution in [3.05, 3.63) is 71.8 Å². The Morgan fingerprint density at radius 2 is 1.73 bits per heavy atom. The van der Waals surface area contributed by atoms with Crippen molar-refractivity contribution < 1.29 is 14.3 Å².